The molecule has 0 unspecified atom stereocenters. The molecule has 0 amide bonds. The molecular formula is C23H21NO4S. The number of aromatic carboxylic acids is 1. The van der Waals surface area contributed by atoms with Gasteiger partial charge in [0.1, 0.15) is 6.04 Å². The molecule has 1 atom stereocenters. The van der Waals surface area contributed by atoms with Crippen molar-refractivity contribution in [2.45, 2.75) is 10.8 Å². The second-order valence-corrected chi connectivity index (χ2v) is 7.79. The van der Waals surface area contributed by atoms with E-state index in [1.54, 1.807) is 24.3 Å². The van der Waals surface area contributed by atoms with Gasteiger partial charge in [0, 0.05) is 5.75 Å². The van der Waals surface area contributed by atoms with E-state index in [4.69, 9.17) is 5.73 Å². The van der Waals surface area contributed by atoms with Crippen molar-refractivity contribution >= 4 is 23.7 Å². The summed E-state index contributed by atoms with van der Waals surface area (Å²) in [5, 5.41) is 18.5. The van der Waals surface area contributed by atoms with Crippen molar-refractivity contribution in [2.75, 3.05) is 5.75 Å². The Bertz CT molecular complexity index is 935. The first-order chi connectivity index (χ1) is 13.9. The SMILES string of the molecule is N[C@@H](CSC(c1ccccc1)(c1ccccc1)c1ccc(C(=O)O)cc1)C(=O)O. The molecule has 0 aliphatic carbocycles. The molecule has 0 fully saturated rings. The quantitative estimate of drug-likeness (QED) is 0.491. The zero-order chi connectivity index (χ0) is 20.9. The van der Waals surface area contributed by atoms with Crippen LogP contribution < -0.4 is 5.73 Å². The minimum Gasteiger partial charge on any atom is -0.480 e. The zero-order valence-electron chi connectivity index (χ0n) is 15.6. The van der Waals surface area contributed by atoms with Gasteiger partial charge in [-0.15, -0.1) is 11.8 Å². The number of aliphatic carboxylic acids is 1. The van der Waals surface area contributed by atoms with Crippen molar-refractivity contribution < 1.29 is 19.8 Å². The smallest absolute Gasteiger partial charge is 0.335 e. The first kappa shape index (κ1) is 20.6. The van der Waals surface area contributed by atoms with Gasteiger partial charge in [0.2, 0.25) is 0 Å². The number of hydrogen-bond acceptors (Lipinski definition) is 4. The third kappa shape index (κ3) is 4.34. The Labute approximate surface area is 173 Å². The van der Waals surface area contributed by atoms with Gasteiger partial charge in [-0.2, -0.15) is 0 Å². The van der Waals surface area contributed by atoms with Crippen molar-refractivity contribution in [1.82, 2.24) is 0 Å². The lowest BCUT2D eigenvalue weighted by Crippen LogP contribution is -2.36. The molecule has 0 aliphatic heterocycles. The number of thioether (sulfide) groups is 1. The number of carboxylic acid groups (broad SMARTS) is 2. The number of carboxylic acids is 2. The van der Waals surface area contributed by atoms with E-state index in [1.807, 2.05) is 60.7 Å². The molecule has 5 nitrogen and oxygen atoms in total. The van der Waals surface area contributed by atoms with Crippen LogP contribution in [-0.4, -0.2) is 33.9 Å². The van der Waals surface area contributed by atoms with Crippen molar-refractivity contribution in [3.05, 3.63) is 107 Å². The molecule has 0 spiro atoms. The average molecular weight is 407 g/mol. The first-order valence-electron chi connectivity index (χ1n) is 9.02. The van der Waals surface area contributed by atoms with Gasteiger partial charge in [0.25, 0.3) is 0 Å². The minimum atomic E-state index is -1.06. The van der Waals surface area contributed by atoms with Crippen LogP contribution in [0.4, 0.5) is 0 Å². The third-order valence-electron chi connectivity index (χ3n) is 4.70. The number of rotatable bonds is 8. The van der Waals surface area contributed by atoms with Gasteiger partial charge in [0.15, 0.2) is 0 Å². The minimum absolute atomic E-state index is 0.180. The summed E-state index contributed by atoms with van der Waals surface area (Å²) >= 11 is 1.43. The van der Waals surface area contributed by atoms with Gasteiger partial charge in [-0.05, 0) is 28.8 Å². The summed E-state index contributed by atoms with van der Waals surface area (Å²) in [7, 11) is 0. The van der Waals surface area contributed by atoms with Crippen LogP contribution in [-0.2, 0) is 9.54 Å². The van der Waals surface area contributed by atoms with Gasteiger partial charge in [0.05, 0.1) is 10.3 Å². The lowest BCUT2D eigenvalue weighted by molar-refractivity contribution is -0.137. The van der Waals surface area contributed by atoms with Crippen molar-refractivity contribution in [3.63, 3.8) is 0 Å². The first-order valence-corrected chi connectivity index (χ1v) is 10.0. The molecule has 3 aromatic rings. The van der Waals surface area contributed by atoms with E-state index in [2.05, 4.69) is 0 Å². The van der Waals surface area contributed by atoms with Gasteiger partial charge >= 0.3 is 11.9 Å². The molecule has 29 heavy (non-hydrogen) atoms. The monoisotopic (exact) mass is 407 g/mol. The lowest BCUT2D eigenvalue weighted by atomic mass is 9.83. The highest BCUT2D eigenvalue weighted by molar-refractivity contribution is 8.00. The highest BCUT2D eigenvalue weighted by Gasteiger charge is 2.38. The molecule has 0 saturated heterocycles. The number of benzene rings is 3. The van der Waals surface area contributed by atoms with E-state index < -0.39 is 22.7 Å². The molecule has 4 N–H and O–H groups in total. The molecule has 0 aromatic heterocycles. The highest BCUT2D eigenvalue weighted by Crippen LogP contribution is 2.48. The van der Waals surface area contributed by atoms with Crippen LogP contribution in [0.5, 0.6) is 0 Å². The maximum Gasteiger partial charge on any atom is 0.335 e. The average Bonchev–Trinajstić information content (AvgIpc) is 2.76. The van der Waals surface area contributed by atoms with Crippen LogP contribution in [0.25, 0.3) is 0 Å². The maximum absolute atomic E-state index is 11.3. The van der Waals surface area contributed by atoms with E-state index in [0.29, 0.717) is 0 Å². The maximum atomic E-state index is 11.3. The fraction of sp³-hybridized carbons (Fsp3) is 0.130. The summed E-state index contributed by atoms with van der Waals surface area (Å²) in [5.41, 5.74) is 8.77. The van der Waals surface area contributed by atoms with Gasteiger partial charge in [-0.3, -0.25) is 4.79 Å². The Morgan fingerprint density at radius 3 is 1.66 bits per heavy atom. The molecule has 0 bridgehead atoms. The Morgan fingerprint density at radius 1 is 0.793 bits per heavy atom. The lowest BCUT2D eigenvalue weighted by Gasteiger charge is -2.36. The van der Waals surface area contributed by atoms with Crippen LogP contribution in [0.15, 0.2) is 84.9 Å². The van der Waals surface area contributed by atoms with Crippen LogP contribution >= 0.6 is 11.8 Å². The zero-order valence-corrected chi connectivity index (χ0v) is 16.4. The van der Waals surface area contributed by atoms with Gasteiger partial charge < -0.3 is 15.9 Å². The fourth-order valence-electron chi connectivity index (χ4n) is 3.23. The number of carbonyl (C=O) groups is 2. The largest absolute Gasteiger partial charge is 0.480 e. The van der Waals surface area contributed by atoms with Gasteiger partial charge in [-0.25, -0.2) is 4.79 Å². The van der Waals surface area contributed by atoms with Crippen molar-refractivity contribution in [3.8, 4) is 0 Å². The van der Waals surface area contributed by atoms with Crippen molar-refractivity contribution in [2.24, 2.45) is 5.73 Å². The van der Waals surface area contributed by atoms with Crippen LogP contribution in [0.1, 0.15) is 27.0 Å². The van der Waals surface area contributed by atoms with E-state index in [9.17, 15) is 19.8 Å². The fourth-order valence-corrected chi connectivity index (χ4v) is 4.71. The van der Waals surface area contributed by atoms with E-state index >= 15 is 0 Å². The summed E-state index contributed by atoms with van der Waals surface area (Å²) in [6.07, 6.45) is 0. The van der Waals surface area contributed by atoms with Crippen LogP contribution in [0.3, 0.4) is 0 Å². The Balaban J connectivity index is 2.21. The topological polar surface area (TPSA) is 101 Å². The van der Waals surface area contributed by atoms with E-state index in [1.165, 1.54) is 11.8 Å². The number of nitrogens with two attached hydrogens (primary N) is 1. The molecule has 0 heterocycles. The van der Waals surface area contributed by atoms with Crippen LogP contribution in [0, 0.1) is 0 Å². The van der Waals surface area contributed by atoms with E-state index in [-0.39, 0.29) is 11.3 Å². The summed E-state index contributed by atoms with van der Waals surface area (Å²) < 4.78 is -0.743. The summed E-state index contributed by atoms with van der Waals surface area (Å²) in [6, 6.07) is 25.1. The van der Waals surface area contributed by atoms with Crippen molar-refractivity contribution in [1.29, 1.82) is 0 Å². The number of hydrogen-bond donors (Lipinski definition) is 3. The molecule has 0 radical (unpaired) electrons. The molecular weight excluding hydrogens is 386 g/mol. The Morgan fingerprint density at radius 2 is 1.24 bits per heavy atom. The van der Waals surface area contributed by atoms with Gasteiger partial charge in [-0.1, -0.05) is 72.8 Å². The Hall–Kier alpha value is -3.09. The Kier molecular flexibility index (Phi) is 6.36. The summed E-state index contributed by atoms with van der Waals surface area (Å²) in [5.74, 6) is -1.88. The molecule has 3 aromatic carbocycles. The molecule has 148 valence electrons. The second-order valence-electron chi connectivity index (χ2n) is 6.55. The summed E-state index contributed by atoms with van der Waals surface area (Å²) in [6.45, 7) is 0. The third-order valence-corrected chi connectivity index (χ3v) is 6.36. The normalized spacial score (nSPS) is 12.3. The highest BCUT2D eigenvalue weighted by atomic mass is 32.2. The molecule has 0 aliphatic rings. The van der Waals surface area contributed by atoms with E-state index in [0.717, 1.165) is 16.7 Å². The second kappa shape index (κ2) is 8.94. The standard InChI is InChI=1S/C23H21NO4S/c24-20(22(27)28)15-29-23(17-7-3-1-4-8-17,18-9-5-2-6-10-18)19-13-11-16(12-14-19)21(25)26/h1-14,20H,15,24H2,(H,25,26)(H,27,28)/t20-/m0/s1. The molecule has 3 rings (SSSR count). The molecule has 6 heteroatoms. The molecule has 0 saturated carbocycles. The predicted octanol–water partition coefficient (Wildman–Crippen LogP) is 3.82. The predicted molar refractivity (Wildman–Crippen MR) is 114 cm³/mol. The van der Waals surface area contributed by atoms with Crippen LogP contribution in [0.2, 0.25) is 0 Å². The summed E-state index contributed by atoms with van der Waals surface area (Å²) in [4.78, 5) is 22.6.